The third-order valence-corrected chi connectivity index (χ3v) is 5.45. The Morgan fingerprint density at radius 2 is 1.79 bits per heavy atom. The van der Waals surface area contributed by atoms with Crippen molar-refractivity contribution >= 4 is 42.8 Å². The third kappa shape index (κ3) is 8.23. The van der Waals surface area contributed by atoms with E-state index in [1.807, 2.05) is 0 Å². The Labute approximate surface area is 295 Å². The molecule has 1 aliphatic heterocycles. The van der Waals surface area contributed by atoms with Gasteiger partial charge in [-0.1, -0.05) is 0 Å². The van der Waals surface area contributed by atoms with Crippen molar-refractivity contribution in [3.63, 3.8) is 0 Å². The van der Waals surface area contributed by atoms with Gasteiger partial charge in [-0.25, -0.2) is 14.4 Å². The molecule has 0 radical (unpaired) electrons. The number of ether oxygens (including phenoxy) is 4. The number of halogens is 1. The van der Waals surface area contributed by atoms with E-state index in [-0.39, 0.29) is 92.9 Å². The van der Waals surface area contributed by atoms with Crippen LogP contribution in [-0.2, 0) is 13.9 Å². The van der Waals surface area contributed by atoms with E-state index in [0.717, 1.165) is 0 Å². The Morgan fingerprint density at radius 3 is 2.36 bits per heavy atom. The number of methoxy groups -OCH3 is 3. The molecule has 15 nitrogen and oxygen atoms in total. The molecule has 0 spiro atoms. The summed E-state index contributed by atoms with van der Waals surface area (Å²) in [5.74, 6) is -5.94. The summed E-state index contributed by atoms with van der Waals surface area (Å²) in [6, 6.07) is 0.949. The zero-order valence-electron chi connectivity index (χ0n) is 30.7. The third-order valence-electron chi connectivity index (χ3n) is 5.02. The van der Waals surface area contributed by atoms with Crippen LogP contribution in [-0.4, -0.2) is 54.5 Å². The molecule has 0 fully saturated rings. The second kappa shape index (κ2) is 14.5. The molecule has 0 unspecified atom stereocenters. The molecule has 0 aliphatic carbocycles. The summed E-state index contributed by atoms with van der Waals surface area (Å²) >= 11 is 0. The summed E-state index contributed by atoms with van der Waals surface area (Å²) < 4.78 is 115. The van der Waals surface area contributed by atoms with Crippen LogP contribution in [0.15, 0.2) is 30.4 Å². The number of carbonyl (C=O) groups is 1. The number of nitrogens with zero attached hydrogens (tertiary/aromatic N) is 4. The zero-order valence-corrected chi connectivity index (χ0v) is 27.6. The van der Waals surface area contributed by atoms with E-state index in [4.69, 9.17) is 29.9 Å². The van der Waals surface area contributed by atoms with Crippen LogP contribution >= 0.6 is 7.82 Å². The number of hydrogen-bond acceptors (Lipinski definition) is 14. The van der Waals surface area contributed by atoms with E-state index >= 15 is 0 Å². The minimum absolute atomic E-state index is 0. The molecule has 0 bridgehead atoms. The quantitative estimate of drug-likeness (QED) is 0.162. The maximum atomic E-state index is 14.9. The number of pyridine rings is 1. The van der Waals surface area contributed by atoms with Crippen LogP contribution in [0.4, 0.5) is 33.5 Å². The van der Waals surface area contributed by atoms with Gasteiger partial charge in [-0.05, 0) is 25.8 Å². The van der Waals surface area contributed by atoms with Gasteiger partial charge in [0, 0.05) is 26.0 Å². The fourth-order valence-corrected chi connectivity index (χ4v) is 3.57. The van der Waals surface area contributed by atoms with Gasteiger partial charge in [-0.3, -0.25) is 9.69 Å². The van der Waals surface area contributed by atoms with Crippen LogP contribution in [0.25, 0.3) is 0 Å². The average Bonchev–Trinajstić information content (AvgIpc) is 2.98. The molecule has 214 valence electrons. The Balaban J connectivity index is 0.00000433. The summed E-state index contributed by atoms with van der Waals surface area (Å²) in [5, 5.41) is 5.11. The Bertz CT molecular complexity index is 1770. The molecular weight excluding hydrogens is 600 g/mol. The van der Waals surface area contributed by atoms with Gasteiger partial charge in [0.25, 0.3) is 5.91 Å². The van der Waals surface area contributed by atoms with Crippen LogP contribution in [0.2, 0.25) is 0 Å². The van der Waals surface area contributed by atoms with Crippen molar-refractivity contribution in [2.24, 2.45) is 0 Å². The Hall–Kier alpha value is -2.24. The van der Waals surface area contributed by atoms with Crippen LogP contribution < -0.4 is 103 Å². The largest absolute Gasteiger partial charge is 1.00 e. The fraction of sp³-hybridized carbons (Fsp3) is 0.304. The molecule has 3 aromatic rings. The van der Waals surface area contributed by atoms with Gasteiger partial charge >= 0.3 is 59.1 Å². The Morgan fingerprint density at radius 1 is 1.12 bits per heavy atom. The first-order chi connectivity index (χ1) is 22.2. The van der Waals surface area contributed by atoms with Crippen LogP contribution in [0, 0.1) is 5.82 Å². The van der Waals surface area contributed by atoms with Crippen molar-refractivity contribution in [2.75, 3.05) is 43.6 Å². The summed E-state index contributed by atoms with van der Waals surface area (Å²) in [5.41, 5.74) is -3.46. The number of amides is 1. The van der Waals surface area contributed by atoms with Crippen molar-refractivity contribution in [3.05, 3.63) is 36.2 Å². The molecule has 0 saturated carbocycles. The molecule has 42 heavy (non-hydrogen) atoms. The number of phosphoric ester groups is 1. The number of carbonyl (C=O) groups excluding carboxylic acids is 1. The molecule has 0 saturated heterocycles. The van der Waals surface area contributed by atoms with E-state index in [9.17, 15) is 23.5 Å². The molecule has 2 N–H and O–H groups in total. The van der Waals surface area contributed by atoms with E-state index in [2.05, 4.69) is 30.1 Å². The van der Waals surface area contributed by atoms with Crippen molar-refractivity contribution in [3.8, 4) is 23.0 Å². The van der Waals surface area contributed by atoms with E-state index in [0.29, 0.717) is 6.20 Å². The topological polar surface area (TPSA) is 192 Å². The van der Waals surface area contributed by atoms with Gasteiger partial charge in [-0.2, -0.15) is 4.98 Å². The molecule has 2 aromatic heterocycles. The van der Waals surface area contributed by atoms with Gasteiger partial charge in [0.1, 0.15) is 12.5 Å². The summed E-state index contributed by atoms with van der Waals surface area (Å²) in [4.78, 5) is 47.8. The van der Waals surface area contributed by atoms with Crippen molar-refractivity contribution in [1.82, 2.24) is 15.0 Å². The predicted molar refractivity (Wildman–Crippen MR) is 135 cm³/mol. The molecule has 4 rings (SSSR count). The number of rotatable bonds is 10. The number of benzene rings is 1. The van der Waals surface area contributed by atoms with Gasteiger partial charge < -0.3 is 48.5 Å². The molecular formula is C23H24FN6Na2O9P. The number of aromatic nitrogens is 3. The number of anilines is 5. The molecule has 19 heteroatoms. The SMILES string of the molecule is [2H]c1c(Nc2nc(Nc3cc(OC)c(OC)c(OC)c3)ncc2F)nc2c(c1[2H])OC(C([2H])([2H])[2H])(C([2H])([2H])[2H])C(=O)N2COP(=O)([O-])[O-].[Na+].[Na+]. The molecule has 1 aromatic carbocycles. The second-order valence-electron chi connectivity index (χ2n) is 7.64. The smallest absolute Gasteiger partial charge is 0.790 e. The predicted octanol–water partition coefficient (Wildman–Crippen LogP) is -4.16. The maximum absolute atomic E-state index is 14.9. The van der Waals surface area contributed by atoms with Crippen LogP contribution in [0.3, 0.4) is 0 Å². The first-order valence-electron chi connectivity index (χ1n) is 14.7. The van der Waals surface area contributed by atoms with Gasteiger partial charge in [0.05, 0.1) is 38.1 Å². The fourth-order valence-electron chi connectivity index (χ4n) is 3.31. The maximum Gasteiger partial charge on any atom is 1.00 e. The zero-order chi connectivity index (χ0) is 36.0. The first kappa shape index (κ1) is 25.1. The normalized spacial score (nSPS) is 16.9. The standard InChI is InChI=1S/C23H26FN6O9P.2Na/c1-23(2)21(31)30(11-38-40(32,33)34)20-14(39-23)6-7-17(28-20)27-19-13(24)10-25-22(29-19)26-12-8-15(35-3)18(37-5)16(9-12)36-4;;/h6-10H,11H2,1-5H3,(H2,32,33,34)(H2,25,26,27,28,29);;/q;2*+1/p-2/i1D3,2D3,6D,7D;;. The number of hydrogen-bond donors (Lipinski definition) is 2. The molecule has 0 atom stereocenters. The van der Waals surface area contributed by atoms with Crippen LogP contribution in [0.5, 0.6) is 23.0 Å². The van der Waals surface area contributed by atoms with E-state index < -0.39 is 80.9 Å². The Kier molecular flexibility index (Phi) is 8.67. The van der Waals surface area contributed by atoms with Crippen molar-refractivity contribution in [1.29, 1.82) is 0 Å². The number of nitrogens with one attached hydrogen (secondary N) is 2. The molecule has 1 aliphatic rings. The first-order valence-corrected chi connectivity index (χ1v) is 12.2. The average molecular weight is 632 g/mol. The minimum Gasteiger partial charge on any atom is -0.790 e. The van der Waals surface area contributed by atoms with Gasteiger partial charge in [-0.15, -0.1) is 0 Å². The van der Waals surface area contributed by atoms with Crippen molar-refractivity contribution < 1.29 is 117 Å². The van der Waals surface area contributed by atoms with E-state index in [1.165, 1.54) is 33.5 Å². The van der Waals surface area contributed by atoms with Crippen molar-refractivity contribution in [2.45, 2.75) is 19.3 Å². The van der Waals surface area contributed by atoms with Gasteiger partial charge in [0.15, 0.2) is 40.3 Å². The minimum atomic E-state index is -5.88. The molecule has 1 amide bonds. The second-order valence-corrected chi connectivity index (χ2v) is 8.79. The summed E-state index contributed by atoms with van der Waals surface area (Å²) in [6.07, 6.45) is 0.715. The number of phosphoric acid groups is 1. The molecule has 3 heterocycles. The summed E-state index contributed by atoms with van der Waals surface area (Å²) in [6.45, 7) is -9.18. The number of fused-ring (bicyclic) bond motifs is 1. The monoisotopic (exact) mass is 632 g/mol. The van der Waals surface area contributed by atoms with Gasteiger partial charge in [0.2, 0.25) is 11.7 Å². The van der Waals surface area contributed by atoms with E-state index in [1.54, 1.807) is 0 Å². The van der Waals surface area contributed by atoms with Crippen LogP contribution in [0.1, 0.15) is 24.7 Å². The summed E-state index contributed by atoms with van der Waals surface area (Å²) in [7, 11) is -1.74.